The van der Waals surface area contributed by atoms with Crippen LogP contribution in [0.15, 0.2) is 82.0 Å². The third-order valence-electron chi connectivity index (χ3n) is 5.55. The lowest BCUT2D eigenvalue weighted by atomic mass is 10.0. The predicted octanol–water partition coefficient (Wildman–Crippen LogP) is 4.96. The van der Waals surface area contributed by atoms with Crippen molar-refractivity contribution in [3.8, 4) is 17.1 Å². The largest absolute Gasteiger partial charge is 0.491 e. The number of carbonyl (C=O) groups excluding carboxylic acids is 1. The van der Waals surface area contributed by atoms with Crippen molar-refractivity contribution in [3.63, 3.8) is 0 Å². The van der Waals surface area contributed by atoms with Gasteiger partial charge in [-0.05, 0) is 43.3 Å². The van der Waals surface area contributed by atoms with Crippen LogP contribution < -0.4 is 15.5 Å². The van der Waals surface area contributed by atoms with Gasteiger partial charge in [0.1, 0.15) is 24.2 Å². The third kappa shape index (κ3) is 5.41. The molecule has 1 unspecified atom stereocenters. The van der Waals surface area contributed by atoms with Crippen LogP contribution in [0.3, 0.4) is 0 Å². The fourth-order valence-electron chi connectivity index (χ4n) is 3.65. The summed E-state index contributed by atoms with van der Waals surface area (Å²) in [5.74, 6) is -0.0634. The van der Waals surface area contributed by atoms with Crippen molar-refractivity contribution in [2.24, 2.45) is 0 Å². The van der Waals surface area contributed by atoms with Crippen molar-refractivity contribution in [1.29, 1.82) is 0 Å². The zero-order valence-electron chi connectivity index (χ0n) is 19.1. The summed E-state index contributed by atoms with van der Waals surface area (Å²) in [5.41, 5.74) is 0.296. The number of amides is 1. The van der Waals surface area contributed by atoms with E-state index in [0.717, 1.165) is 24.3 Å². The van der Waals surface area contributed by atoms with Gasteiger partial charge in [-0.2, -0.15) is 13.2 Å². The van der Waals surface area contributed by atoms with Crippen LogP contribution in [0.5, 0.6) is 5.75 Å². The Morgan fingerprint density at radius 1 is 1.03 bits per heavy atom. The highest BCUT2D eigenvalue weighted by molar-refractivity contribution is 6.05. The number of halogens is 3. The molecule has 4 aromatic rings. The minimum Gasteiger partial charge on any atom is -0.491 e. The monoisotopic (exact) mass is 497 g/mol. The molecule has 36 heavy (non-hydrogen) atoms. The summed E-state index contributed by atoms with van der Waals surface area (Å²) in [6.45, 7) is 1.21. The maximum Gasteiger partial charge on any atom is 0.416 e. The quantitative estimate of drug-likeness (QED) is 0.377. The Kier molecular flexibility index (Phi) is 7.12. The highest BCUT2D eigenvalue weighted by atomic mass is 19.4. The van der Waals surface area contributed by atoms with Crippen LogP contribution in [0.1, 0.15) is 21.5 Å². The fraction of sp³-hybridized carbons (Fsp3) is 0.185. The molecular formula is C27H22F3NO5. The molecule has 0 aliphatic heterocycles. The first kappa shape index (κ1) is 25.0. The van der Waals surface area contributed by atoms with Crippen LogP contribution in [-0.4, -0.2) is 30.3 Å². The Labute approximate surface area is 203 Å². The predicted molar refractivity (Wildman–Crippen MR) is 128 cm³/mol. The first-order valence-electron chi connectivity index (χ1n) is 11.0. The highest BCUT2D eigenvalue weighted by Gasteiger charge is 2.30. The van der Waals surface area contributed by atoms with Crippen LogP contribution in [0.2, 0.25) is 0 Å². The second-order valence-corrected chi connectivity index (χ2v) is 8.13. The van der Waals surface area contributed by atoms with E-state index < -0.39 is 23.8 Å². The van der Waals surface area contributed by atoms with Gasteiger partial charge >= 0.3 is 6.18 Å². The molecule has 186 valence electrons. The molecule has 0 saturated heterocycles. The van der Waals surface area contributed by atoms with E-state index in [0.29, 0.717) is 16.9 Å². The van der Waals surface area contributed by atoms with Gasteiger partial charge in [0.25, 0.3) is 5.91 Å². The van der Waals surface area contributed by atoms with Gasteiger partial charge < -0.3 is 19.6 Å². The van der Waals surface area contributed by atoms with E-state index in [4.69, 9.17) is 9.15 Å². The van der Waals surface area contributed by atoms with E-state index in [1.165, 1.54) is 6.07 Å². The average Bonchev–Trinajstić information content (AvgIpc) is 2.88. The molecule has 2 N–H and O–H groups in total. The molecule has 0 aliphatic carbocycles. The second-order valence-electron chi connectivity index (χ2n) is 8.13. The number of rotatable bonds is 7. The molecule has 0 spiro atoms. The summed E-state index contributed by atoms with van der Waals surface area (Å²) in [4.78, 5) is 25.8. The van der Waals surface area contributed by atoms with E-state index in [9.17, 15) is 27.9 Å². The highest BCUT2D eigenvalue weighted by Crippen LogP contribution is 2.30. The zero-order valence-corrected chi connectivity index (χ0v) is 19.1. The van der Waals surface area contributed by atoms with Crippen LogP contribution in [0, 0.1) is 6.92 Å². The number of aliphatic hydroxyl groups excluding tert-OH is 1. The van der Waals surface area contributed by atoms with Crippen LogP contribution in [-0.2, 0) is 6.18 Å². The smallest absolute Gasteiger partial charge is 0.416 e. The van der Waals surface area contributed by atoms with Crippen molar-refractivity contribution in [2.75, 3.05) is 13.2 Å². The van der Waals surface area contributed by atoms with Crippen molar-refractivity contribution < 1.29 is 32.2 Å². The summed E-state index contributed by atoms with van der Waals surface area (Å²) in [7, 11) is 0. The molecule has 4 rings (SSSR count). The number of benzene rings is 3. The molecule has 1 heterocycles. The van der Waals surface area contributed by atoms with Crippen molar-refractivity contribution >= 4 is 16.9 Å². The van der Waals surface area contributed by atoms with E-state index in [1.54, 1.807) is 31.2 Å². The van der Waals surface area contributed by atoms with Gasteiger partial charge in [-0.15, -0.1) is 0 Å². The Morgan fingerprint density at radius 3 is 2.39 bits per heavy atom. The van der Waals surface area contributed by atoms with Crippen molar-refractivity contribution in [1.82, 2.24) is 5.32 Å². The van der Waals surface area contributed by atoms with Crippen LogP contribution in [0.25, 0.3) is 22.3 Å². The zero-order chi connectivity index (χ0) is 25.9. The van der Waals surface area contributed by atoms with Gasteiger partial charge in [0.15, 0.2) is 11.0 Å². The number of ether oxygens (including phenoxy) is 1. The molecule has 1 atom stereocenters. The van der Waals surface area contributed by atoms with E-state index in [2.05, 4.69) is 5.32 Å². The second kappa shape index (κ2) is 10.2. The minimum absolute atomic E-state index is 0.123. The molecule has 0 saturated carbocycles. The molecule has 3 aromatic carbocycles. The number of carbonyl (C=O) groups is 1. The molecule has 6 nitrogen and oxygen atoms in total. The third-order valence-corrected chi connectivity index (χ3v) is 5.55. The van der Waals surface area contributed by atoms with Gasteiger partial charge in [0.2, 0.25) is 0 Å². The Hall–Kier alpha value is -4.11. The summed E-state index contributed by atoms with van der Waals surface area (Å²) in [6.07, 6.45) is -5.59. The first-order valence-corrected chi connectivity index (χ1v) is 11.0. The summed E-state index contributed by atoms with van der Waals surface area (Å²) in [5, 5.41) is 13.0. The maximum absolute atomic E-state index is 12.9. The summed E-state index contributed by atoms with van der Waals surface area (Å²) >= 11 is 0. The standard InChI is InChI=1S/C27H22F3NO5/c1-16-23(33)21-8-5-9-22(25(21)36-24(16)17-6-3-2-4-7-17)26(34)31-14-19(32)15-35-20-12-10-18(11-13-20)27(28,29)30/h2-13,19,32H,14-15H2,1H3,(H,31,34). The van der Waals surface area contributed by atoms with Gasteiger partial charge in [-0.3, -0.25) is 9.59 Å². The number of alkyl halides is 3. The maximum atomic E-state index is 12.9. The molecule has 1 aromatic heterocycles. The molecule has 0 radical (unpaired) electrons. The molecule has 0 fully saturated rings. The number of hydrogen-bond acceptors (Lipinski definition) is 5. The van der Waals surface area contributed by atoms with Gasteiger partial charge in [-0.25, -0.2) is 0 Å². The Bertz CT molecular complexity index is 1430. The van der Waals surface area contributed by atoms with Crippen LogP contribution >= 0.6 is 0 Å². The Morgan fingerprint density at radius 2 is 1.72 bits per heavy atom. The molecule has 1 amide bonds. The lowest BCUT2D eigenvalue weighted by molar-refractivity contribution is -0.137. The topological polar surface area (TPSA) is 88.8 Å². The van der Waals surface area contributed by atoms with Gasteiger partial charge in [0.05, 0.1) is 16.5 Å². The molecule has 9 heteroatoms. The number of nitrogens with one attached hydrogen (secondary N) is 1. The number of fused-ring (bicyclic) bond motifs is 1. The van der Waals surface area contributed by atoms with Gasteiger partial charge in [0, 0.05) is 17.7 Å². The van der Waals surface area contributed by atoms with Gasteiger partial charge in [-0.1, -0.05) is 36.4 Å². The first-order chi connectivity index (χ1) is 17.1. The van der Waals surface area contributed by atoms with Crippen molar-refractivity contribution in [3.05, 3.63) is 99.7 Å². The summed E-state index contributed by atoms with van der Waals surface area (Å²) < 4.78 is 49.3. The molecule has 0 aliphatic rings. The number of hydrogen-bond donors (Lipinski definition) is 2. The lowest BCUT2D eigenvalue weighted by Crippen LogP contribution is -2.35. The molecular weight excluding hydrogens is 475 g/mol. The number of para-hydroxylation sites is 1. The average molecular weight is 497 g/mol. The van der Waals surface area contributed by atoms with E-state index in [-0.39, 0.29) is 40.9 Å². The van der Waals surface area contributed by atoms with Crippen molar-refractivity contribution in [2.45, 2.75) is 19.2 Å². The SMILES string of the molecule is Cc1c(-c2ccccc2)oc2c(C(=O)NCC(O)COc3ccc(C(F)(F)F)cc3)cccc2c1=O. The molecule has 0 bridgehead atoms. The summed E-state index contributed by atoms with van der Waals surface area (Å²) in [6, 6.07) is 17.8. The number of aliphatic hydroxyl groups is 1. The lowest BCUT2D eigenvalue weighted by Gasteiger charge is -2.15. The Balaban J connectivity index is 1.46. The van der Waals surface area contributed by atoms with E-state index >= 15 is 0 Å². The van der Waals surface area contributed by atoms with E-state index in [1.807, 2.05) is 18.2 Å². The minimum atomic E-state index is -4.45. The van der Waals surface area contributed by atoms with Crippen LogP contribution in [0.4, 0.5) is 13.2 Å². The fourth-order valence-corrected chi connectivity index (χ4v) is 3.65. The normalized spacial score (nSPS) is 12.4.